The molecule has 1 unspecified atom stereocenters. The smallest absolute Gasteiger partial charge is 0.211 e. The molecule has 0 amide bonds. The Morgan fingerprint density at radius 3 is 2.39 bits per heavy atom. The summed E-state index contributed by atoms with van der Waals surface area (Å²) in [5.74, 6) is 1.37. The van der Waals surface area contributed by atoms with Gasteiger partial charge in [0.05, 0.1) is 5.75 Å². The molecule has 0 bridgehead atoms. The molecule has 1 aliphatic heterocycles. The number of piperidine rings is 1. The highest BCUT2D eigenvalue weighted by atomic mass is 32.2. The minimum absolute atomic E-state index is 0.0445. The lowest BCUT2D eigenvalue weighted by Gasteiger charge is -2.23. The van der Waals surface area contributed by atoms with Gasteiger partial charge in [0.15, 0.2) is 0 Å². The van der Waals surface area contributed by atoms with Crippen molar-refractivity contribution in [3.8, 4) is 0 Å². The zero-order chi connectivity index (χ0) is 13.6. The maximum absolute atomic E-state index is 11.9. The Hall–Kier alpha value is -0.130. The van der Waals surface area contributed by atoms with Gasteiger partial charge in [0.1, 0.15) is 0 Å². The Morgan fingerprint density at radius 1 is 1.22 bits per heavy atom. The summed E-state index contributed by atoms with van der Waals surface area (Å²) in [6.45, 7) is 8.23. The van der Waals surface area contributed by atoms with E-state index in [1.165, 1.54) is 0 Å². The fraction of sp³-hybridized carbons (Fsp3) is 1.00. The molecule has 108 valence electrons. The van der Waals surface area contributed by atoms with Gasteiger partial charge < -0.3 is 5.32 Å². The van der Waals surface area contributed by atoms with Crippen LogP contribution < -0.4 is 10.0 Å². The third kappa shape index (κ3) is 6.71. The van der Waals surface area contributed by atoms with Gasteiger partial charge >= 0.3 is 0 Å². The summed E-state index contributed by atoms with van der Waals surface area (Å²) in [7, 11) is -3.10. The highest BCUT2D eigenvalue weighted by Crippen LogP contribution is 2.16. The molecule has 2 N–H and O–H groups in total. The van der Waals surface area contributed by atoms with Crippen LogP contribution in [0.3, 0.4) is 0 Å². The highest BCUT2D eigenvalue weighted by molar-refractivity contribution is 7.89. The lowest BCUT2D eigenvalue weighted by molar-refractivity contribution is 0.364. The molecule has 0 aromatic carbocycles. The van der Waals surface area contributed by atoms with E-state index in [1.54, 1.807) is 0 Å². The van der Waals surface area contributed by atoms with Crippen molar-refractivity contribution in [3.63, 3.8) is 0 Å². The van der Waals surface area contributed by atoms with Crippen molar-refractivity contribution in [1.82, 2.24) is 10.0 Å². The van der Waals surface area contributed by atoms with E-state index in [0.29, 0.717) is 11.8 Å². The topological polar surface area (TPSA) is 58.2 Å². The van der Waals surface area contributed by atoms with Gasteiger partial charge in [-0.3, -0.25) is 0 Å². The molecule has 1 saturated heterocycles. The quantitative estimate of drug-likeness (QED) is 0.744. The Kier molecular flexibility index (Phi) is 6.60. The third-order valence-electron chi connectivity index (χ3n) is 3.46. The summed E-state index contributed by atoms with van der Waals surface area (Å²) in [4.78, 5) is 0. The normalized spacial score (nSPS) is 20.2. The molecular formula is C13H28N2O2S. The number of nitrogens with one attached hydrogen (secondary N) is 2. The molecule has 0 radical (unpaired) electrons. The standard InChI is InChI=1S/C13H28N2O2S/c1-11(2)10-12(3)15-18(16,17)9-6-13-4-7-14-8-5-13/h11-15H,4-10H2,1-3H3. The molecule has 1 aliphatic rings. The van der Waals surface area contributed by atoms with Crippen molar-refractivity contribution in [3.05, 3.63) is 0 Å². The van der Waals surface area contributed by atoms with E-state index in [1.807, 2.05) is 6.92 Å². The summed E-state index contributed by atoms with van der Waals surface area (Å²) in [5, 5.41) is 3.30. The maximum atomic E-state index is 11.9. The summed E-state index contributed by atoms with van der Waals surface area (Å²) >= 11 is 0. The first-order chi connectivity index (χ1) is 8.39. The average Bonchev–Trinajstić information content (AvgIpc) is 2.26. The van der Waals surface area contributed by atoms with E-state index in [4.69, 9.17) is 0 Å². The second-order valence-electron chi connectivity index (χ2n) is 5.95. The van der Waals surface area contributed by atoms with Crippen molar-refractivity contribution < 1.29 is 8.42 Å². The average molecular weight is 276 g/mol. The lowest BCUT2D eigenvalue weighted by atomic mass is 9.96. The van der Waals surface area contributed by atoms with Crippen molar-refractivity contribution in [2.45, 2.75) is 52.5 Å². The predicted molar refractivity (Wildman–Crippen MR) is 76.1 cm³/mol. The van der Waals surface area contributed by atoms with E-state index in [0.717, 1.165) is 38.8 Å². The number of sulfonamides is 1. The fourth-order valence-electron chi connectivity index (χ4n) is 2.61. The first-order valence-electron chi connectivity index (χ1n) is 7.10. The van der Waals surface area contributed by atoms with Crippen LogP contribution in [0.25, 0.3) is 0 Å². The second-order valence-corrected chi connectivity index (χ2v) is 7.82. The molecular weight excluding hydrogens is 248 g/mol. The molecule has 5 heteroatoms. The van der Waals surface area contributed by atoms with Gasteiger partial charge in [0.2, 0.25) is 10.0 Å². The van der Waals surface area contributed by atoms with Crippen LogP contribution >= 0.6 is 0 Å². The summed E-state index contributed by atoms with van der Waals surface area (Å²) in [6, 6.07) is 0.0445. The van der Waals surface area contributed by atoms with Crippen molar-refractivity contribution in [1.29, 1.82) is 0 Å². The van der Waals surface area contributed by atoms with Crippen LogP contribution in [-0.2, 0) is 10.0 Å². The predicted octanol–water partition coefficient (Wildman–Crippen LogP) is 1.73. The molecule has 4 nitrogen and oxygen atoms in total. The third-order valence-corrected chi connectivity index (χ3v) is 4.99. The van der Waals surface area contributed by atoms with E-state index in [-0.39, 0.29) is 11.8 Å². The van der Waals surface area contributed by atoms with Crippen LogP contribution in [-0.4, -0.2) is 33.3 Å². The van der Waals surface area contributed by atoms with Crippen LogP contribution in [0, 0.1) is 11.8 Å². The minimum atomic E-state index is -3.10. The molecule has 1 heterocycles. The van der Waals surface area contributed by atoms with E-state index in [9.17, 15) is 8.42 Å². The zero-order valence-electron chi connectivity index (χ0n) is 11.9. The monoisotopic (exact) mass is 276 g/mol. The first-order valence-corrected chi connectivity index (χ1v) is 8.75. The van der Waals surface area contributed by atoms with Crippen LogP contribution in [0.1, 0.15) is 46.5 Å². The summed E-state index contributed by atoms with van der Waals surface area (Å²) in [5.41, 5.74) is 0. The van der Waals surface area contributed by atoms with Gasteiger partial charge in [-0.05, 0) is 57.5 Å². The van der Waals surface area contributed by atoms with Gasteiger partial charge in [-0.15, -0.1) is 0 Å². The summed E-state index contributed by atoms with van der Waals surface area (Å²) in [6.07, 6.45) is 3.91. The fourth-order valence-corrected chi connectivity index (χ4v) is 4.08. The summed E-state index contributed by atoms with van der Waals surface area (Å²) < 4.78 is 26.7. The van der Waals surface area contributed by atoms with Crippen LogP contribution in [0.4, 0.5) is 0 Å². The Bertz CT molecular complexity index is 322. The van der Waals surface area contributed by atoms with Crippen LogP contribution in [0.15, 0.2) is 0 Å². The molecule has 0 aromatic heterocycles. The van der Waals surface area contributed by atoms with E-state index < -0.39 is 10.0 Å². The Morgan fingerprint density at radius 2 is 1.83 bits per heavy atom. The zero-order valence-corrected chi connectivity index (χ0v) is 12.7. The van der Waals surface area contributed by atoms with Gasteiger partial charge in [0, 0.05) is 6.04 Å². The number of hydrogen-bond donors (Lipinski definition) is 2. The van der Waals surface area contributed by atoms with Gasteiger partial charge in [-0.2, -0.15) is 0 Å². The second kappa shape index (κ2) is 7.46. The SMILES string of the molecule is CC(C)CC(C)NS(=O)(=O)CCC1CCNCC1. The highest BCUT2D eigenvalue weighted by Gasteiger charge is 2.19. The van der Waals surface area contributed by atoms with Gasteiger partial charge in [-0.25, -0.2) is 13.1 Å². The van der Waals surface area contributed by atoms with Crippen LogP contribution in [0.2, 0.25) is 0 Å². The maximum Gasteiger partial charge on any atom is 0.211 e. The first kappa shape index (κ1) is 15.9. The number of hydrogen-bond acceptors (Lipinski definition) is 3. The molecule has 0 aromatic rings. The van der Waals surface area contributed by atoms with E-state index in [2.05, 4.69) is 23.9 Å². The van der Waals surface area contributed by atoms with Crippen LogP contribution in [0.5, 0.6) is 0 Å². The van der Waals surface area contributed by atoms with Crippen molar-refractivity contribution in [2.75, 3.05) is 18.8 Å². The molecule has 0 saturated carbocycles. The minimum Gasteiger partial charge on any atom is -0.317 e. The molecule has 1 atom stereocenters. The molecule has 0 aliphatic carbocycles. The Labute approximate surface area is 112 Å². The largest absolute Gasteiger partial charge is 0.317 e. The lowest BCUT2D eigenvalue weighted by Crippen LogP contribution is -2.36. The van der Waals surface area contributed by atoms with Gasteiger partial charge in [-0.1, -0.05) is 13.8 Å². The van der Waals surface area contributed by atoms with Gasteiger partial charge in [0.25, 0.3) is 0 Å². The molecule has 18 heavy (non-hydrogen) atoms. The molecule has 1 rings (SSSR count). The van der Waals surface area contributed by atoms with Crippen molar-refractivity contribution >= 4 is 10.0 Å². The number of rotatable bonds is 7. The molecule has 1 fully saturated rings. The molecule has 0 spiro atoms. The van der Waals surface area contributed by atoms with Crippen molar-refractivity contribution in [2.24, 2.45) is 11.8 Å². The Balaban J connectivity index is 2.30. The van der Waals surface area contributed by atoms with E-state index >= 15 is 0 Å².